The first-order chi connectivity index (χ1) is 9.16. The number of amides is 2. The SMILES string of the molecule is O=C(NCC(O)c1cccs1)C(=O)NC1CCCC1. The van der Waals surface area contributed by atoms with E-state index in [1.165, 1.54) is 11.3 Å². The highest BCUT2D eigenvalue weighted by Crippen LogP contribution is 2.18. The number of rotatable bonds is 4. The van der Waals surface area contributed by atoms with E-state index in [0.717, 1.165) is 30.6 Å². The van der Waals surface area contributed by atoms with Crippen molar-refractivity contribution in [2.24, 2.45) is 0 Å². The fraction of sp³-hybridized carbons (Fsp3) is 0.538. The predicted molar refractivity (Wildman–Crippen MR) is 72.7 cm³/mol. The Morgan fingerprint density at radius 3 is 2.74 bits per heavy atom. The molecule has 1 aliphatic rings. The Morgan fingerprint density at radius 1 is 1.37 bits per heavy atom. The average Bonchev–Trinajstić information content (AvgIpc) is 3.07. The summed E-state index contributed by atoms with van der Waals surface area (Å²) in [6, 6.07) is 3.75. The summed E-state index contributed by atoms with van der Waals surface area (Å²) in [5.41, 5.74) is 0. The quantitative estimate of drug-likeness (QED) is 0.720. The number of carbonyl (C=O) groups excluding carboxylic acids is 2. The van der Waals surface area contributed by atoms with E-state index in [1.54, 1.807) is 6.07 Å². The van der Waals surface area contributed by atoms with E-state index in [9.17, 15) is 14.7 Å². The summed E-state index contributed by atoms with van der Waals surface area (Å²) in [6.07, 6.45) is 3.32. The van der Waals surface area contributed by atoms with Crippen LogP contribution in [-0.2, 0) is 9.59 Å². The number of aliphatic hydroxyl groups is 1. The van der Waals surface area contributed by atoms with E-state index < -0.39 is 17.9 Å². The highest BCUT2D eigenvalue weighted by Gasteiger charge is 2.21. The summed E-state index contributed by atoms with van der Waals surface area (Å²) in [6.45, 7) is 0.0530. The normalized spacial score (nSPS) is 17.1. The molecule has 1 aromatic heterocycles. The fourth-order valence-corrected chi connectivity index (χ4v) is 2.88. The molecule has 2 rings (SSSR count). The topological polar surface area (TPSA) is 78.4 Å². The molecule has 0 bridgehead atoms. The Kier molecular flexibility index (Phi) is 4.93. The second-order valence-corrected chi connectivity index (χ2v) is 5.68. The summed E-state index contributed by atoms with van der Waals surface area (Å²) in [5, 5.41) is 16.8. The fourth-order valence-electron chi connectivity index (χ4n) is 2.17. The van der Waals surface area contributed by atoms with Gasteiger partial charge in [0.05, 0.1) is 0 Å². The van der Waals surface area contributed by atoms with Gasteiger partial charge in [0.1, 0.15) is 6.10 Å². The van der Waals surface area contributed by atoms with Crippen molar-refractivity contribution in [1.29, 1.82) is 0 Å². The van der Waals surface area contributed by atoms with Crippen LogP contribution in [0.25, 0.3) is 0 Å². The van der Waals surface area contributed by atoms with Crippen molar-refractivity contribution in [3.63, 3.8) is 0 Å². The molecule has 1 atom stereocenters. The summed E-state index contributed by atoms with van der Waals surface area (Å²) < 4.78 is 0. The van der Waals surface area contributed by atoms with Crippen molar-refractivity contribution in [3.05, 3.63) is 22.4 Å². The van der Waals surface area contributed by atoms with Crippen LogP contribution in [0.1, 0.15) is 36.7 Å². The molecular formula is C13H18N2O3S. The molecule has 104 valence electrons. The van der Waals surface area contributed by atoms with Crippen molar-refractivity contribution >= 4 is 23.2 Å². The highest BCUT2D eigenvalue weighted by molar-refractivity contribution is 7.10. The monoisotopic (exact) mass is 282 g/mol. The van der Waals surface area contributed by atoms with Crippen LogP contribution in [0.3, 0.4) is 0 Å². The molecule has 6 heteroatoms. The number of hydrogen-bond acceptors (Lipinski definition) is 4. The first-order valence-corrected chi connectivity index (χ1v) is 7.35. The van der Waals surface area contributed by atoms with E-state index in [-0.39, 0.29) is 12.6 Å². The first-order valence-electron chi connectivity index (χ1n) is 6.47. The third-order valence-corrected chi connectivity index (χ3v) is 4.20. The van der Waals surface area contributed by atoms with E-state index in [1.807, 2.05) is 11.4 Å². The molecule has 1 saturated carbocycles. The number of nitrogens with one attached hydrogen (secondary N) is 2. The van der Waals surface area contributed by atoms with Crippen LogP contribution in [-0.4, -0.2) is 29.5 Å². The number of aliphatic hydroxyl groups excluding tert-OH is 1. The van der Waals surface area contributed by atoms with Crippen LogP contribution in [0.4, 0.5) is 0 Å². The Balaban J connectivity index is 1.72. The molecule has 0 aromatic carbocycles. The van der Waals surface area contributed by atoms with Crippen molar-refractivity contribution in [2.75, 3.05) is 6.54 Å². The largest absolute Gasteiger partial charge is 0.386 e. The third kappa shape index (κ3) is 4.04. The summed E-state index contributed by atoms with van der Waals surface area (Å²) in [5.74, 6) is -1.28. The zero-order chi connectivity index (χ0) is 13.7. The predicted octanol–water partition coefficient (Wildman–Crippen LogP) is 0.956. The van der Waals surface area contributed by atoms with E-state index in [2.05, 4.69) is 10.6 Å². The maximum atomic E-state index is 11.6. The summed E-state index contributed by atoms with van der Waals surface area (Å²) in [7, 11) is 0. The molecule has 1 aromatic rings. The third-order valence-electron chi connectivity index (χ3n) is 3.22. The van der Waals surface area contributed by atoms with Gasteiger partial charge in [0.15, 0.2) is 0 Å². The molecule has 2 amide bonds. The second kappa shape index (κ2) is 6.68. The minimum absolute atomic E-state index is 0.0530. The smallest absolute Gasteiger partial charge is 0.309 e. The minimum atomic E-state index is -0.761. The Bertz CT molecular complexity index is 427. The maximum Gasteiger partial charge on any atom is 0.309 e. The van der Waals surface area contributed by atoms with Crippen molar-refractivity contribution < 1.29 is 14.7 Å². The van der Waals surface area contributed by atoms with Gasteiger partial charge in [0, 0.05) is 17.5 Å². The molecule has 1 unspecified atom stereocenters. The van der Waals surface area contributed by atoms with Crippen LogP contribution in [0, 0.1) is 0 Å². The minimum Gasteiger partial charge on any atom is -0.386 e. The molecule has 1 aliphatic carbocycles. The van der Waals surface area contributed by atoms with Gasteiger partial charge in [-0.15, -0.1) is 11.3 Å². The lowest BCUT2D eigenvalue weighted by Gasteiger charge is -2.13. The molecule has 19 heavy (non-hydrogen) atoms. The van der Waals surface area contributed by atoms with Crippen molar-refractivity contribution in [3.8, 4) is 0 Å². The zero-order valence-corrected chi connectivity index (χ0v) is 11.4. The van der Waals surface area contributed by atoms with Crippen LogP contribution in [0.15, 0.2) is 17.5 Å². The van der Waals surface area contributed by atoms with Crippen LogP contribution in [0.5, 0.6) is 0 Å². The van der Waals surface area contributed by atoms with Crippen LogP contribution in [0.2, 0.25) is 0 Å². The van der Waals surface area contributed by atoms with Crippen LogP contribution < -0.4 is 10.6 Å². The standard InChI is InChI=1S/C13H18N2O3S/c16-10(11-6-3-7-19-11)8-14-12(17)13(18)15-9-4-1-2-5-9/h3,6-7,9-10,16H,1-2,4-5,8H2,(H,14,17)(H,15,18). The summed E-state index contributed by atoms with van der Waals surface area (Å²) >= 11 is 1.42. The van der Waals surface area contributed by atoms with Crippen molar-refractivity contribution in [1.82, 2.24) is 10.6 Å². The Labute approximate surface area is 116 Å². The van der Waals surface area contributed by atoms with E-state index in [0.29, 0.717) is 0 Å². The molecule has 1 fully saturated rings. The van der Waals surface area contributed by atoms with Gasteiger partial charge in [0.2, 0.25) is 0 Å². The average molecular weight is 282 g/mol. The van der Waals surface area contributed by atoms with Gasteiger partial charge < -0.3 is 15.7 Å². The van der Waals surface area contributed by atoms with Gasteiger partial charge in [-0.25, -0.2) is 0 Å². The lowest BCUT2D eigenvalue weighted by molar-refractivity contribution is -0.139. The lowest BCUT2D eigenvalue weighted by atomic mass is 10.2. The number of hydrogen-bond donors (Lipinski definition) is 3. The van der Waals surface area contributed by atoms with Gasteiger partial charge in [-0.05, 0) is 24.3 Å². The molecule has 3 N–H and O–H groups in total. The molecule has 0 aliphatic heterocycles. The highest BCUT2D eigenvalue weighted by atomic mass is 32.1. The lowest BCUT2D eigenvalue weighted by Crippen LogP contribution is -2.44. The van der Waals surface area contributed by atoms with Crippen molar-refractivity contribution in [2.45, 2.75) is 37.8 Å². The first kappa shape index (κ1) is 14.0. The van der Waals surface area contributed by atoms with E-state index >= 15 is 0 Å². The molecule has 1 heterocycles. The van der Waals surface area contributed by atoms with Gasteiger partial charge in [-0.2, -0.15) is 0 Å². The molecule has 0 radical (unpaired) electrons. The molecule has 5 nitrogen and oxygen atoms in total. The van der Waals surface area contributed by atoms with E-state index in [4.69, 9.17) is 0 Å². The Morgan fingerprint density at radius 2 is 2.11 bits per heavy atom. The molecule has 0 saturated heterocycles. The number of carbonyl (C=O) groups is 2. The van der Waals surface area contributed by atoms with Gasteiger partial charge >= 0.3 is 11.8 Å². The van der Waals surface area contributed by atoms with Gasteiger partial charge in [-0.3, -0.25) is 9.59 Å². The summed E-state index contributed by atoms with van der Waals surface area (Å²) in [4.78, 5) is 23.9. The maximum absolute atomic E-state index is 11.6. The van der Waals surface area contributed by atoms with Crippen LogP contribution >= 0.6 is 11.3 Å². The number of thiophene rings is 1. The molecular weight excluding hydrogens is 264 g/mol. The molecule has 0 spiro atoms. The Hall–Kier alpha value is -1.40. The zero-order valence-electron chi connectivity index (χ0n) is 10.6. The van der Waals surface area contributed by atoms with Gasteiger partial charge in [-0.1, -0.05) is 18.9 Å². The van der Waals surface area contributed by atoms with Gasteiger partial charge in [0.25, 0.3) is 0 Å². The second-order valence-electron chi connectivity index (χ2n) is 4.70.